The van der Waals surface area contributed by atoms with Gasteiger partial charge in [0.2, 0.25) is 0 Å². The number of aryl methyl sites for hydroxylation is 1. The summed E-state index contributed by atoms with van der Waals surface area (Å²) in [6, 6.07) is 6.05. The van der Waals surface area contributed by atoms with Crippen molar-refractivity contribution in [1.29, 1.82) is 0 Å². The third-order valence-corrected chi connectivity index (χ3v) is 8.04. The number of unbranched alkanes of at least 4 members (excludes halogenated alkanes) is 1. The molecule has 0 aromatic heterocycles. The van der Waals surface area contributed by atoms with E-state index in [0.717, 1.165) is 55.9 Å². The molecule has 0 spiro atoms. The Morgan fingerprint density at radius 2 is 1.30 bits per heavy atom. The van der Waals surface area contributed by atoms with Gasteiger partial charge < -0.3 is 10.6 Å². The largest absolute Gasteiger partial charge is 0.349 e. The van der Waals surface area contributed by atoms with E-state index in [1.807, 2.05) is 19.1 Å². The van der Waals surface area contributed by atoms with E-state index in [1.54, 1.807) is 6.07 Å². The van der Waals surface area contributed by atoms with Crippen molar-refractivity contribution in [2.75, 3.05) is 0 Å². The summed E-state index contributed by atoms with van der Waals surface area (Å²) in [6.45, 7) is 11.1. The summed E-state index contributed by atoms with van der Waals surface area (Å²) in [5.74, 6) is 1.45. The van der Waals surface area contributed by atoms with Crippen LogP contribution in [0.5, 0.6) is 0 Å². The third-order valence-electron chi connectivity index (χ3n) is 8.04. The van der Waals surface area contributed by atoms with Crippen LogP contribution in [0.15, 0.2) is 18.2 Å². The lowest BCUT2D eigenvalue weighted by molar-refractivity contribution is 0.0904. The van der Waals surface area contributed by atoms with Gasteiger partial charge in [-0.1, -0.05) is 47.0 Å². The van der Waals surface area contributed by atoms with E-state index in [-0.39, 0.29) is 23.9 Å². The molecule has 4 heteroatoms. The minimum absolute atomic E-state index is 0.0459. The van der Waals surface area contributed by atoms with Gasteiger partial charge in [0.05, 0.1) is 0 Å². The van der Waals surface area contributed by atoms with Gasteiger partial charge in [-0.25, -0.2) is 0 Å². The van der Waals surface area contributed by atoms with E-state index >= 15 is 0 Å². The number of hydrogen-bond donors (Lipinski definition) is 2. The number of carbonyl (C=O) groups excluding carboxylic acids is 2. The Kier molecular flexibility index (Phi) is 9.01. The second-order valence-electron chi connectivity index (χ2n) is 11.8. The SMILES string of the molecule is CCCCC1CCC(NC(=O)c2cc(C)cc(C(=O)NC3CCC(C(C)(C)C)CC3)c2)CC1. The molecular formula is C29H46N2O2. The summed E-state index contributed by atoms with van der Waals surface area (Å²) >= 11 is 0. The molecule has 0 unspecified atom stereocenters. The van der Waals surface area contributed by atoms with Crippen LogP contribution in [-0.4, -0.2) is 23.9 Å². The minimum Gasteiger partial charge on any atom is -0.349 e. The van der Waals surface area contributed by atoms with Gasteiger partial charge in [0, 0.05) is 23.2 Å². The molecule has 0 radical (unpaired) electrons. The van der Waals surface area contributed by atoms with Crippen molar-refractivity contribution in [2.45, 2.75) is 117 Å². The minimum atomic E-state index is -0.0524. The molecule has 3 rings (SSSR count). The predicted octanol–water partition coefficient (Wildman–Crippen LogP) is 6.81. The maximum absolute atomic E-state index is 13.0. The molecular weight excluding hydrogens is 408 g/mol. The molecule has 0 bridgehead atoms. The Morgan fingerprint density at radius 1 is 0.818 bits per heavy atom. The molecule has 0 aliphatic heterocycles. The molecule has 0 saturated heterocycles. The molecule has 4 nitrogen and oxygen atoms in total. The molecule has 0 heterocycles. The van der Waals surface area contributed by atoms with Gasteiger partial charge in [0.15, 0.2) is 0 Å². The second kappa shape index (κ2) is 11.5. The zero-order chi connectivity index (χ0) is 24.0. The first-order chi connectivity index (χ1) is 15.7. The fourth-order valence-electron chi connectivity index (χ4n) is 5.77. The molecule has 2 saturated carbocycles. The lowest BCUT2D eigenvalue weighted by atomic mass is 9.71. The lowest BCUT2D eigenvalue weighted by Crippen LogP contribution is -2.40. The summed E-state index contributed by atoms with van der Waals surface area (Å²) in [5, 5.41) is 6.47. The molecule has 2 amide bonds. The highest BCUT2D eigenvalue weighted by Gasteiger charge is 2.30. The van der Waals surface area contributed by atoms with Crippen LogP contribution in [0.4, 0.5) is 0 Å². The highest BCUT2D eigenvalue weighted by atomic mass is 16.2. The van der Waals surface area contributed by atoms with Crippen molar-refractivity contribution in [3.8, 4) is 0 Å². The van der Waals surface area contributed by atoms with Gasteiger partial charge in [-0.15, -0.1) is 0 Å². The molecule has 2 aliphatic carbocycles. The van der Waals surface area contributed by atoms with Gasteiger partial charge in [-0.05, 0) is 99.3 Å². The number of rotatable bonds is 7. The monoisotopic (exact) mass is 454 g/mol. The topological polar surface area (TPSA) is 58.2 Å². The van der Waals surface area contributed by atoms with Gasteiger partial charge in [0.1, 0.15) is 0 Å². The summed E-state index contributed by atoms with van der Waals surface area (Å²) in [7, 11) is 0. The summed E-state index contributed by atoms with van der Waals surface area (Å²) in [4.78, 5) is 26.0. The van der Waals surface area contributed by atoms with Crippen molar-refractivity contribution in [1.82, 2.24) is 10.6 Å². The average Bonchev–Trinajstić information content (AvgIpc) is 2.78. The second-order valence-corrected chi connectivity index (χ2v) is 11.8. The molecule has 2 fully saturated rings. The first kappa shape index (κ1) is 25.8. The zero-order valence-electron chi connectivity index (χ0n) is 21.6. The van der Waals surface area contributed by atoms with Crippen LogP contribution in [0.1, 0.15) is 125 Å². The zero-order valence-corrected chi connectivity index (χ0v) is 21.6. The maximum atomic E-state index is 13.0. The predicted molar refractivity (Wildman–Crippen MR) is 137 cm³/mol. The van der Waals surface area contributed by atoms with Crippen molar-refractivity contribution in [3.63, 3.8) is 0 Å². The fraction of sp³-hybridized carbons (Fsp3) is 0.724. The van der Waals surface area contributed by atoms with E-state index in [2.05, 4.69) is 38.3 Å². The molecule has 2 N–H and O–H groups in total. The Labute approximate surface area is 201 Å². The first-order valence-corrected chi connectivity index (χ1v) is 13.4. The number of hydrogen-bond acceptors (Lipinski definition) is 2. The van der Waals surface area contributed by atoms with Crippen LogP contribution in [-0.2, 0) is 0 Å². The van der Waals surface area contributed by atoms with Crippen molar-refractivity contribution in [2.24, 2.45) is 17.3 Å². The quantitative estimate of drug-likeness (QED) is 0.475. The molecule has 184 valence electrons. The van der Waals surface area contributed by atoms with Crippen LogP contribution < -0.4 is 10.6 Å². The van der Waals surface area contributed by atoms with Crippen LogP contribution >= 0.6 is 0 Å². The summed E-state index contributed by atoms with van der Waals surface area (Å²) in [5.41, 5.74) is 2.49. The van der Waals surface area contributed by atoms with E-state index in [0.29, 0.717) is 16.5 Å². The standard InChI is InChI=1S/C29H46N2O2/c1-6-7-8-21-9-13-25(14-10-21)30-27(32)22-17-20(2)18-23(19-22)28(33)31-26-15-11-24(12-16-26)29(3,4)5/h17-19,21,24-26H,6-16H2,1-5H3,(H,30,32)(H,31,33). The molecule has 2 aliphatic rings. The number of carbonyl (C=O) groups is 2. The molecule has 0 atom stereocenters. The maximum Gasteiger partial charge on any atom is 0.251 e. The Bertz CT molecular complexity index is 794. The van der Waals surface area contributed by atoms with Crippen molar-refractivity contribution < 1.29 is 9.59 Å². The number of nitrogens with one attached hydrogen (secondary N) is 2. The highest BCUT2D eigenvalue weighted by Crippen LogP contribution is 2.37. The van der Waals surface area contributed by atoms with Crippen LogP contribution in [0.25, 0.3) is 0 Å². The Morgan fingerprint density at radius 3 is 1.76 bits per heavy atom. The molecule has 1 aromatic rings. The lowest BCUT2D eigenvalue weighted by Gasteiger charge is -2.37. The van der Waals surface area contributed by atoms with Crippen LogP contribution in [0.3, 0.4) is 0 Å². The van der Waals surface area contributed by atoms with E-state index in [4.69, 9.17) is 0 Å². The van der Waals surface area contributed by atoms with Gasteiger partial charge in [-0.3, -0.25) is 9.59 Å². The number of amides is 2. The van der Waals surface area contributed by atoms with E-state index in [9.17, 15) is 9.59 Å². The van der Waals surface area contributed by atoms with Crippen molar-refractivity contribution in [3.05, 3.63) is 34.9 Å². The van der Waals surface area contributed by atoms with E-state index in [1.165, 1.54) is 32.1 Å². The summed E-state index contributed by atoms with van der Waals surface area (Å²) < 4.78 is 0. The third kappa shape index (κ3) is 7.58. The first-order valence-electron chi connectivity index (χ1n) is 13.4. The smallest absolute Gasteiger partial charge is 0.251 e. The molecule has 33 heavy (non-hydrogen) atoms. The highest BCUT2D eigenvalue weighted by molar-refractivity contribution is 6.00. The van der Waals surface area contributed by atoms with Gasteiger partial charge >= 0.3 is 0 Å². The van der Waals surface area contributed by atoms with Gasteiger partial charge in [0.25, 0.3) is 11.8 Å². The molecule has 1 aromatic carbocycles. The van der Waals surface area contributed by atoms with Crippen LogP contribution in [0, 0.1) is 24.2 Å². The average molecular weight is 455 g/mol. The summed E-state index contributed by atoms with van der Waals surface area (Å²) in [6.07, 6.45) is 12.9. The number of benzene rings is 1. The Balaban J connectivity index is 1.53. The van der Waals surface area contributed by atoms with E-state index < -0.39 is 0 Å². The normalized spacial score (nSPS) is 26.0. The Hall–Kier alpha value is -1.84. The van der Waals surface area contributed by atoms with Crippen LogP contribution in [0.2, 0.25) is 0 Å². The van der Waals surface area contributed by atoms with Crippen molar-refractivity contribution >= 4 is 11.8 Å². The van der Waals surface area contributed by atoms with Gasteiger partial charge in [-0.2, -0.15) is 0 Å². The fourth-order valence-corrected chi connectivity index (χ4v) is 5.77.